The number of carbonyl (C=O) groups is 1. The maximum Gasteiger partial charge on any atom is 0.336 e. The van der Waals surface area contributed by atoms with Crippen molar-refractivity contribution in [3.05, 3.63) is 23.3 Å². The van der Waals surface area contributed by atoms with Crippen molar-refractivity contribution < 1.29 is 19.7 Å². The van der Waals surface area contributed by atoms with Gasteiger partial charge in [0.1, 0.15) is 0 Å². The fourth-order valence-electron chi connectivity index (χ4n) is 4.01. The van der Waals surface area contributed by atoms with Crippen molar-refractivity contribution in [2.24, 2.45) is 11.3 Å². The van der Waals surface area contributed by atoms with Crippen LogP contribution in [0.1, 0.15) is 39.5 Å². The van der Waals surface area contributed by atoms with Crippen LogP contribution in [-0.4, -0.2) is 28.1 Å². The molecule has 0 bridgehead atoms. The summed E-state index contributed by atoms with van der Waals surface area (Å²) in [4.78, 5) is 11.7. The van der Waals surface area contributed by atoms with Crippen molar-refractivity contribution in [1.82, 2.24) is 0 Å². The molecule has 104 valence electrons. The molecule has 0 aromatic heterocycles. The van der Waals surface area contributed by atoms with E-state index in [1.54, 1.807) is 6.92 Å². The van der Waals surface area contributed by atoms with E-state index in [0.717, 1.165) is 12.0 Å². The molecule has 2 saturated carbocycles. The molecule has 4 heteroatoms. The lowest BCUT2D eigenvalue weighted by Crippen LogP contribution is -2.50. The highest BCUT2D eigenvalue weighted by Crippen LogP contribution is 2.58. The Kier molecular flexibility index (Phi) is 2.51. The van der Waals surface area contributed by atoms with Crippen LogP contribution < -0.4 is 0 Å². The predicted octanol–water partition coefficient (Wildman–Crippen LogP) is 1.68. The summed E-state index contributed by atoms with van der Waals surface area (Å²) in [6, 6.07) is 0. The lowest BCUT2D eigenvalue weighted by Gasteiger charge is -2.51. The van der Waals surface area contributed by atoms with Crippen molar-refractivity contribution >= 4 is 5.97 Å². The van der Waals surface area contributed by atoms with Crippen LogP contribution >= 0.6 is 0 Å². The van der Waals surface area contributed by atoms with Crippen LogP contribution in [0, 0.1) is 11.3 Å². The summed E-state index contributed by atoms with van der Waals surface area (Å²) in [7, 11) is 0. The molecule has 3 rings (SSSR count). The monoisotopic (exact) mass is 264 g/mol. The van der Waals surface area contributed by atoms with Gasteiger partial charge in [-0.15, -0.1) is 0 Å². The van der Waals surface area contributed by atoms with Gasteiger partial charge in [-0.2, -0.15) is 0 Å². The summed E-state index contributed by atoms with van der Waals surface area (Å²) in [5.41, 5.74) is 1.85. The minimum Gasteiger partial charge on any atom is -0.426 e. The number of fused-ring (bicyclic) bond motifs is 2. The van der Waals surface area contributed by atoms with Crippen molar-refractivity contribution in [3.8, 4) is 0 Å². The fourth-order valence-corrected chi connectivity index (χ4v) is 4.01. The molecule has 3 aliphatic rings. The van der Waals surface area contributed by atoms with Gasteiger partial charge in [0.05, 0.1) is 6.10 Å². The number of hydrogen-bond donors (Lipinski definition) is 2. The van der Waals surface area contributed by atoms with E-state index < -0.39 is 17.9 Å². The molecule has 0 aromatic carbocycles. The smallest absolute Gasteiger partial charge is 0.336 e. The molecule has 19 heavy (non-hydrogen) atoms. The lowest BCUT2D eigenvalue weighted by atomic mass is 9.56. The van der Waals surface area contributed by atoms with Crippen molar-refractivity contribution in [3.63, 3.8) is 0 Å². The number of hydrogen-bond acceptors (Lipinski definition) is 4. The normalized spacial score (nSPS) is 45.9. The molecule has 2 aliphatic carbocycles. The van der Waals surface area contributed by atoms with Gasteiger partial charge >= 0.3 is 5.97 Å². The van der Waals surface area contributed by atoms with E-state index in [1.807, 2.05) is 0 Å². The quantitative estimate of drug-likeness (QED) is 0.516. The number of ether oxygens (including phenoxy) is 1. The second-order valence-corrected chi connectivity index (χ2v) is 6.49. The van der Waals surface area contributed by atoms with Gasteiger partial charge in [0.15, 0.2) is 0 Å². The third-order valence-electron chi connectivity index (χ3n) is 5.25. The zero-order valence-electron chi connectivity index (χ0n) is 11.4. The summed E-state index contributed by atoms with van der Waals surface area (Å²) in [5, 5.41) is 20.6. The summed E-state index contributed by atoms with van der Waals surface area (Å²) in [6.45, 7) is 7.81. The third kappa shape index (κ3) is 1.63. The number of rotatable bonds is 0. The number of aliphatic hydroxyl groups is 2. The molecule has 4 nitrogen and oxygen atoms in total. The van der Waals surface area contributed by atoms with E-state index in [1.165, 1.54) is 0 Å². The van der Waals surface area contributed by atoms with E-state index in [0.29, 0.717) is 30.4 Å². The predicted molar refractivity (Wildman–Crippen MR) is 69.0 cm³/mol. The van der Waals surface area contributed by atoms with Gasteiger partial charge in [0.25, 0.3) is 0 Å². The van der Waals surface area contributed by atoms with Gasteiger partial charge in [-0.3, -0.25) is 0 Å². The Bertz CT molecular complexity index is 506. The van der Waals surface area contributed by atoms with Gasteiger partial charge in [-0.1, -0.05) is 13.5 Å². The maximum atomic E-state index is 11.7. The SMILES string of the molecule is C=C1[C@@H](O)CC[C@]2(C)C[C@]3(O)OC(=O)C(C)=C3C[C@@H]12. The summed E-state index contributed by atoms with van der Waals surface area (Å²) in [6.07, 6.45) is 1.95. The first kappa shape index (κ1) is 12.9. The van der Waals surface area contributed by atoms with Crippen LogP contribution in [0.3, 0.4) is 0 Å². The van der Waals surface area contributed by atoms with Crippen LogP contribution in [0.4, 0.5) is 0 Å². The van der Waals surface area contributed by atoms with Crippen molar-refractivity contribution in [2.75, 3.05) is 0 Å². The molecule has 0 aromatic rings. The Morgan fingerprint density at radius 1 is 1.47 bits per heavy atom. The Morgan fingerprint density at radius 3 is 2.84 bits per heavy atom. The second kappa shape index (κ2) is 3.70. The molecule has 1 heterocycles. The van der Waals surface area contributed by atoms with Gasteiger partial charge < -0.3 is 14.9 Å². The molecule has 1 aliphatic heterocycles. The largest absolute Gasteiger partial charge is 0.426 e. The Morgan fingerprint density at radius 2 is 2.16 bits per heavy atom. The second-order valence-electron chi connectivity index (χ2n) is 6.49. The van der Waals surface area contributed by atoms with Crippen molar-refractivity contribution in [1.29, 1.82) is 0 Å². The molecule has 2 fully saturated rings. The van der Waals surface area contributed by atoms with Crippen LogP contribution in [0.25, 0.3) is 0 Å². The van der Waals surface area contributed by atoms with E-state index in [-0.39, 0.29) is 11.3 Å². The minimum absolute atomic E-state index is 0.107. The van der Waals surface area contributed by atoms with Crippen LogP contribution in [0.15, 0.2) is 23.3 Å². The highest BCUT2D eigenvalue weighted by atomic mass is 16.7. The molecule has 0 radical (unpaired) electrons. The van der Waals surface area contributed by atoms with E-state index in [2.05, 4.69) is 13.5 Å². The van der Waals surface area contributed by atoms with Gasteiger partial charge in [-0.05, 0) is 43.1 Å². The van der Waals surface area contributed by atoms with Gasteiger partial charge in [0, 0.05) is 17.6 Å². The minimum atomic E-state index is -1.44. The average Bonchev–Trinajstić information content (AvgIpc) is 2.53. The zero-order valence-corrected chi connectivity index (χ0v) is 11.4. The first-order valence-electron chi connectivity index (χ1n) is 6.79. The van der Waals surface area contributed by atoms with E-state index >= 15 is 0 Å². The first-order chi connectivity index (χ1) is 8.77. The van der Waals surface area contributed by atoms with Crippen LogP contribution in [0.2, 0.25) is 0 Å². The van der Waals surface area contributed by atoms with Crippen LogP contribution in [0.5, 0.6) is 0 Å². The van der Waals surface area contributed by atoms with Gasteiger partial charge in [-0.25, -0.2) is 4.79 Å². The third-order valence-corrected chi connectivity index (χ3v) is 5.25. The Labute approximate surface area is 112 Å². The maximum absolute atomic E-state index is 11.7. The van der Waals surface area contributed by atoms with Gasteiger partial charge in [0.2, 0.25) is 5.79 Å². The molecule has 2 N–H and O–H groups in total. The molecular formula is C15H20O4. The first-order valence-corrected chi connectivity index (χ1v) is 6.79. The summed E-state index contributed by atoms with van der Waals surface area (Å²) >= 11 is 0. The molecule has 0 saturated heterocycles. The molecular weight excluding hydrogens is 244 g/mol. The summed E-state index contributed by atoms with van der Waals surface area (Å²) < 4.78 is 5.19. The van der Waals surface area contributed by atoms with E-state index in [9.17, 15) is 15.0 Å². The zero-order chi connectivity index (χ0) is 14.0. The average molecular weight is 264 g/mol. The molecule has 4 atom stereocenters. The molecule has 0 spiro atoms. The topological polar surface area (TPSA) is 66.8 Å². The highest BCUT2D eigenvalue weighted by molar-refractivity contribution is 5.92. The summed E-state index contributed by atoms with van der Waals surface area (Å²) in [5.74, 6) is -1.75. The van der Waals surface area contributed by atoms with Crippen LogP contribution in [-0.2, 0) is 9.53 Å². The van der Waals surface area contributed by atoms with E-state index in [4.69, 9.17) is 4.74 Å². The molecule has 0 unspecified atom stereocenters. The standard InChI is InChI=1S/C15H20O4/c1-8-10-6-11-9(2)13(17)19-15(11,18)7-14(10,3)5-4-12(8)16/h10,12,16,18H,1,4-7H2,2-3H3/t10-,12-,14+,15-/m0/s1. The Balaban J connectivity index is 2.03. The Hall–Kier alpha value is -1.13. The number of carbonyl (C=O) groups excluding carboxylic acids is 1. The number of aliphatic hydroxyl groups excluding tert-OH is 1. The fraction of sp³-hybridized carbons (Fsp3) is 0.667. The highest BCUT2D eigenvalue weighted by Gasteiger charge is 2.57. The lowest BCUT2D eigenvalue weighted by molar-refractivity contribution is -0.204. The number of esters is 1. The molecule has 0 amide bonds. The van der Waals surface area contributed by atoms with Crippen molar-refractivity contribution in [2.45, 2.75) is 51.4 Å².